The molecule has 1 rings (SSSR count). The van der Waals surface area contributed by atoms with Crippen molar-refractivity contribution in [3.05, 3.63) is 0 Å². The summed E-state index contributed by atoms with van der Waals surface area (Å²) in [5.74, 6) is 0. The van der Waals surface area contributed by atoms with Gasteiger partial charge in [-0.1, -0.05) is 0 Å². The first-order chi connectivity index (χ1) is 5.26. The highest BCUT2D eigenvalue weighted by atomic mass is 16.5. The molecule has 0 aromatic heterocycles. The van der Waals surface area contributed by atoms with Gasteiger partial charge in [-0.05, 0) is 34.7 Å². The Morgan fingerprint density at radius 3 is 1.67 bits per heavy atom. The van der Waals surface area contributed by atoms with E-state index in [2.05, 4.69) is 39.6 Å². The fourth-order valence-electron chi connectivity index (χ4n) is 2.33. The zero-order valence-corrected chi connectivity index (χ0v) is 8.76. The molecule has 0 spiro atoms. The number of nitrogens with zero attached hydrogens (tertiary/aromatic N) is 2. The maximum absolute atomic E-state index is 9.89. The van der Waals surface area contributed by atoms with E-state index < -0.39 is 0 Å². The van der Waals surface area contributed by atoms with Crippen LogP contribution in [0.4, 0.5) is 0 Å². The van der Waals surface area contributed by atoms with Gasteiger partial charge in [-0.25, -0.2) is 0 Å². The predicted molar refractivity (Wildman–Crippen MR) is 49.3 cm³/mol. The van der Waals surface area contributed by atoms with Crippen LogP contribution in [0.15, 0.2) is 0 Å². The summed E-state index contributed by atoms with van der Waals surface area (Å²) in [6.07, 6.45) is 0. The lowest BCUT2D eigenvalue weighted by Crippen LogP contribution is -2.66. The zero-order valence-electron chi connectivity index (χ0n) is 8.76. The number of piperazine rings is 1. The van der Waals surface area contributed by atoms with Gasteiger partial charge in [0.1, 0.15) is 0 Å². The van der Waals surface area contributed by atoms with E-state index in [1.165, 1.54) is 5.06 Å². The van der Waals surface area contributed by atoms with Gasteiger partial charge in [-0.15, -0.1) is 0 Å². The van der Waals surface area contributed by atoms with Gasteiger partial charge in [-0.2, -0.15) is 5.06 Å². The Morgan fingerprint density at radius 2 is 1.33 bits per heavy atom. The first-order valence-electron chi connectivity index (χ1n) is 4.43. The van der Waals surface area contributed by atoms with Crippen molar-refractivity contribution in [3.8, 4) is 0 Å². The molecule has 1 heterocycles. The van der Waals surface area contributed by atoms with Crippen LogP contribution >= 0.6 is 0 Å². The molecule has 1 N–H and O–H groups in total. The molecule has 1 saturated heterocycles. The second kappa shape index (κ2) is 2.69. The molecule has 0 aromatic rings. The maximum atomic E-state index is 9.89. The quantitative estimate of drug-likeness (QED) is 0.594. The highest BCUT2D eigenvalue weighted by Crippen LogP contribution is 2.28. The van der Waals surface area contributed by atoms with Crippen molar-refractivity contribution < 1.29 is 5.21 Å². The molecule has 12 heavy (non-hydrogen) atoms. The minimum absolute atomic E-state index is 0.142. The summed E-state index contributed by atoms with van der Waals surface area (Å²) in [5, 5.41) is 11.4. The molecule has 0 radical (unpaired) electrons. The molecule has 1 aliphatic rings. The number of hydrogen-bond acceptors (Lipinski definition) is 3. The number of rotatable bonds is 0. The standard InChI is InChI=1S/C9H20N2O/c1-8(2)6-10(5)7-9(3,4)11(8)12/h12H,6-7H2,1-5H3. The summed E-state index contributed by atoms with van der Waals surface area (Å²) in [5.41, 5.74) is -0.285. The third-order valence-electron chi connectivity index (χ3n) is 2.46. The van der Waals surface area contributed by atoms with Crippen LogP contribution in [0.2, 0.25) is 0 Å². The van der Waals surface area contributed by atoms with Gasteiger partial charge in [0.15, 0.2) is 0 Å². The normalized spacial score (nSPS) is 30.5. The Kier molecular flexibility index (Phi) is 2.23. The first kappa shape index (κ1) is 9.96. The lowest BCUT2D eigenvalue weighted by Gasteiger charge is -2.51. The lowest BCUT2D eigenvalue weighted by molar-refractivity contribution is -0.251. The van der Waals surface area contributed by atoms with E-state index in [0.717, 1.165) is 13.1 Å². The minimum atomic E-state index is -0.142. The van der Waals surface area contributed by atoms with Crippen molar-refractivity contribution in [1.82, 2.24) is 9.96 Å². The molecule has 0 bridgehead atoms. The SMILES string of the molecule is CN1CC(C)(C)N(O)C(C)(C)C1. The van der Waals surface area contributed by atoms with Crippen molar-refractivity contribution in [1.29, 1.82) is 0 Å². The van der Waals surface area contributed by atoms with Crippen molar-refractivity contribution in [2.45, 2.75) is 38.8 Å². The minimum Gasteiger partial charge on any atom is -0.313 e. The van der Waals surface area contributed by atoms with Crippen LogP contribution in [0.5, 0.6) is 0 Å². The van der Waals surface area contributed by atoms with Crippen LogP contribution in [-0.2, 0) is 0 Å². The molecule has 3 nitrogen and oxygen atoms in total. The Bertz CT molecular complexity index is 159. The number of hydrogen-bond donors (Lipinski definition) is 1. The van der Waals surface area contributed by atoms with Gasteiger partial charge in [-0.3, -0.25) is 0 Å². The van der Waals surface area contributed by atoms with E-state index in [4.69, 9.17) is 0 Å². The van der Waals surface area contributed by atoms with E-state index in [0.29, 0.717) is 0 Å². The van der Waals surface area contributed by atoms with Gasteiger partial charge in [0.05, 0.1) is 11.1 Å². The van der Waals surface area contributed by atoms with Crippen LogP contribution in [0.1, 0.15) is 27.7 Å². The van der Waals surface area contributed by atoms with Gasteiger partial charge in [0.2, 0.25) is 0 Å². The fourth-order valence-corrected chi connectivity index (χ4v) is 2.33. The third kappa shape index (κ3) is 1.63. The summed E-state index contributed by atoms with van der Waals surface area (Å²) in [7, 11) is 2.09. The van der Waals surface area contributed by atoms with Crippen LogP contribution in [0.3, 0.4) is 0 Å². The topological polar surface area (TPSA) is 26.7 Å². The van der Waals surface area contributed by atoms with Crippen molar-refractivity contribution in [2.24, 2.45) is 0 Å². The molecule has 0 atom stereocenters. The summed E-state index contributed by atoms with van der Waals surface area (Å²) < 4.78 is 0. The fraction of sp³-hybridized carbons (Fsp3) is 1.00. The van der Waals surface area contributed by atoms with Gasteiger partial charge < -0.3 is 10.1 Å². The number of hydroxylamine groups is 2. The van der Waals surface area contributed by atoms with Crippen LogP contribution in [0.25, 0.3) is 0 Å². The summed E-state index contributed by atoms with van der Waals surface area (Å²) >= 11 is 0. The second-order valence-electron chi connectivity index (χ2n) is 5.11. The summed E-state index contributed by atoms with van der Waals surface area (Å²) in [6, 6.07) is 0. The van der Waals surface area contributed by atoms with Gasteiger partial charge >= 0.3 is 0 Å². The Hall–Kier alpha value is -0.120. The summed E-state index contributed by atoms with van der Waals surface area (Å²) in [4.78, 5) is 2.26. The molecule has 0 unspecified atom stereocenters. The highest BCUT2D eigenvalue weighted by Gasteiger charge is 2.42. The van der Waals surface area contributed by atoms with Gasteiger partial charge in [0.25, 0.3) is 0 Å². The smallest absolute Gasteiger partial charge is 0.0537 e. The molecule has 1 fully saturated rings. The molecular formula is C9H20N2O. The van der Waals surface area contributed by atoms with Crippen molar-refractivity contribution in [2.75, 3.05) is 20.1 Å². The van der Waals surface area contributed by atoms with E-state index in [1.54, 1.807) is 0 Å². The van der Waals surface area contributed by atoms with E-state index >= 15 is 0 Å². The maximum Gasteiger partial charge on any atom is 0.0537 e. The van der Waals surface area contributed by atoms with Gasteiger partial charge in [0, 0.05) is 13.1 Å². The van der Waals surface area contributed by atoms with Crippen LogP contribution in [-0.4, -0.2) is 46.4 Å². The lowest BCUT2D eigenvalue weighted by atomic mass is 9.91. The predicted octanol–water partition coefficient (Wildman–Crippen LogP) is 1.18. The molecule has 3 heteroatoms. The van der Waals surface area contributed by atoms with E-state index in [9.17, 15) is 5.21 Å². The average Bonchev–Trinajstić information content (AvgIpc) is 1.80. The first-order valence-corrected chi connectivity index (χ1v) is 4.43. The molecule has 1 aliphatic heterocycles. The monoisotopic (exact) mass is 172 g/mol. The summed E-state index contributed by atoms with van der Waals surface area (Å²) in [6.45, 7) is 10.1. The van der Waals surface area contributed by atoms with Crippen LogP contribution in [0, 0.1) is 0 Å². The van der Waals surface area contributed by atoms with Crippen LogP contribution < -0.4 is 0 Å². The van der Waals surface area contributed by atoms with Crippen molar-refractivity contribution >= 4 is 0 Å². The molecule has 0 aliphatic carbocycles. The highest BCUT2D eigenvalue weighted by molar-refractivity contribution is 4.95. The Labute approximate surface area is 74.9 Å². The largest absolute Gasteiger partial charge is 0.313 e. The molecule has 0 aromatic carbocycles. The Morgan fingerprint density at radius 1 is 1.00 bits per heavy atom. The zero-order chi connectivity index (χ0) is 9.57. The average molecular weight is 172 g/mol. The molecule has 72 valence electrons. The molecule has 0 amide bonds. The third-order valence-corrected chi connectivity index (χ3v) is 2.46. The molecule has 0 saturated carbocycles. The van der Waals surface area contributed by atoms with E-state index in [1.807, 2.05) is 0 Å². The second-order valence-corrected chi connectivity index (χ2v) is 5.11. The van der Waals surface area contributed by atoms with E-state index in [-0.39, 0.29) is 11.1 Å². The van der Waals surface area contributed by atoms with Crippen molar-refractivity contribution in [3.63, 3.8) is 0 Å². The Balaban J connectivity index is 2.84. The molecular weight excluding hydrogens is 152 g/mol. The number of likely N-dealkylation sites (N-methyl/N-ethyl adjacent to an activating group) is 1.